The van der Waals surface area contributed by atoms with Crippen LogP contribution in [0.15, 0.2) is 29.3 Å². The standard InChI is InChI=1S/C22H33N5O2.HI/c1-16(2)21(29)27-12-10-19(15-27)25-22(23-3)24-13-17-7-4-5-8-18(17)14-26-11-6-9-20(26)28;/h4-5,7-8,16,19H,6,9-15H2,1-3H3,(H2,23,24,25);1H. The average Bonchev–Trinajstić information content (AvgIpc) is 3.34. The summed E-state index contributed by atoms with van der Waals surface area (Å²) in [4.78, 5) is 32.4. The van der Waals surface area contributed by atoms with Gasteiger partial charge in [-0.25, -0.2) is 0 Å². The van der Waals surface area contributed by atoms with Gasteiger partial charge in [0.15, 0.2) is 5.96 Å². The Bertz CT molecular complexity index is 768. The highest BCUT2D eigenvalue weighted by molar-refractivity contribution is 14.0. The van der Waals surface area contributed by atoms with Crippen molar-refractivity contribution in [2.75, 3.05) is 26.7 Å². The number of benzene rings is 1. The zero-order valence-electron chi connectivity index (χ0n) is 18.2. The van der Waals surface area contributed by atoms with Crippen molar-refractivity contribution in [2.45, 2.75) is 52.2 Å². The summed E-state index contributed by atoms with van der Waals surface area (Å²) in [5.41, 5.74) is 2.33. The van der Waals surface area contributed by atoms with Gasteiger partial charge in [-0.2, -0.15) is 0 Å². The molecule has 0 aromatic heterocycles. The molecule has 1 unspecified atom stereocenters. The molecule has 1 aromatic rings. The number of halogens is 1. The fourth-order valence-electron chi connectivity index (χ4n) is 3.97. The molecule has 2 fully saturated rings. The number of carbonyl (C=O) groups excluding carboxylic acids is 2. The van der Waals surface area contributed by atoms with E-state index in [9.17, 15) is 9.59 Å². The Labute approximate surface area is 196 Å². The number of hydrogen-bond donors (Lipinski definition) is 2. The van der Waals surface area contributed by atoms with Gasteiger partial charge in [0.2, 0.25) is 11.8 Å². The lowest BCUT2D eigenvalue weighted by Crippen LogP contribution is -2.45. The number of nitrogens with one attached hydrogen (secondary N) is 2. The van der Waals surface area contributed by atoms with Crippen molar-refractivity contribution >= 4 is 41.8 Å². The smallest absolute Gasteiger partial charge is 0.225 e. The molecule has 2 aliphatic heterocycles. The average molecular weight is 527 g/mol. The molecule has 0 radical (unpaired) electrons. The zero-order chi connectivity index (χ0) is 20.8. The molecule has 3 rings (SSSR count). The molecular formula is C22H34IN5O2. The van der Waals surface area contributed by atoms with Crippen LogP contribution in [0.1, 0.15) is 44.2 Å². The second kappa shape index (κ2) is 11.5. The fourth-order valence-corrected chi connectivity index (χ4v) is 3.97. The van der Waals surface area contributed by atoms with Crippen molar-refractivity contribution in [2.24, 2.45) is 10.9 Å². The molecule has 166 valence electrons. The summed E-state index contributed by atoms with van der Waals surface area (Å²) in [5, 5.41) is 6.83. The van der Waals surface area contributed by atoms with Crippen LogP contribution in [0, 0.1) is 5.92 Å². The normalized spacial score (nSPS) is 19.3. The summed E-state index contributed by atoms with van der Waals surface area (Å²) < 4.78 is 0. The van der Waals surface area contributed by atoms with Crippen LogP contribution in [-0.2, 0) is 22.7 Å². The third-order valence-corrected chi connectivity index (χ3v) is 5.66. The van der Waals surface area contributed by atoms with Gasteiger partial charge in [0.1, 0.15) is 0 Å². The molecular weight excluding hydrogens is 493 g/mol. The highest BCUT2D eigenvalue weighted by Crippen LogP contribution is 2.17. The number of guanidine groups is 1. The van der Waals surface area contributed by atoms with Crippen molar-refractivity contribution in [3.63, 3.8) is 0 Å². The van der Waals surface area contributed by atoms with Gasteiger partial charge in [-0.3, -0.25) is 14.6 Å². The molecule has 8 heteroatoms. The van der Waals surface area contributed by atoms with Crippen LogP contribution in [0.3, 0.4) is 0 Å². The molecule has 1 atom stereocenters. The molecule has 0 spiro atoms. The molecule has 2 heterocycles. The predicted molar refractivity (Wildman–Crippen MR) is 130 cm³/mol. The number of rotatable bonds is 6. The van der Waals surface area contributed by atoms with E-state index in [4.69, 9.17) is 0 Å². The van der Waals surface area contributed by atoms with Crippen LogP contribution in [0.2, 0.25) is 0 Å². The van der Waals surface area contributed by atoms with Crippen LogP contribution in [-0.4, -0.2) is 60.3 Å². The number of likely N-dealkylation sites (tertiary alicyclic amines) is 2. The van der Waals surface area contributed by atoms with Gasteiger partial charge in [0, 0.05) is 58.2 Å². The monoisotopic (exact) mass is 527 g/mol. The summed E-state index contributed by atoms with van der Waals surface area (Å²) in [6.07, 6.45) is 2.54. The summed E-state index contributed by atoms with van der Waals surface area (Å²) >= 11 is 0. The molecule has 2 amide bonds. The van der Waals surface area contributed by atoms with E-state index >= 15 is 0 Å². The van der Waals surface area contributed by atoms with Crippen molar-refractivity contribution in [1.29, 1.82) is 0 Å². The Morgan fingerprint density at radius 3 is 2.60 bits per heavy atom. The molecule has 2 aliphatic rings. The topological polar surface area (TPSA) is 77.0 Å². The van der Waals surface area contributed by atoms with E-state index in [1.807, 2.05) is 35.8 Å². The first-order chi connectivity index (χ1) is 14.0. The summed E-state index contributed by atoms with van der Waals surface area (Å²) in [5.74, 6) is 1.22. The fraction of sp³-hybridized carbons (Fsp3) is 0.591. The summed E-state index contributed by atoms with van der Waals surface area (Å²) in [7, 11) is 1.76. The minimum atomic E-state index is 0. The first-order valence-electron chi connectivity index (χ1n) is 10.6. The zero-order valence-corrected chi connectivity index (χ0v) is 20.5. The first-order valence-corrected chi connectivity index (χ1v) is 10.6. The Kier molecular flexibility index (Phi) is 9.38. The van der Waals surface area contributed by atoms with E-state index < -0.39 is 0 Å². The van der Waals surface area contributed by atoms with E-state index in [2.05, 4.69) is 27.8 Å². The molecule has 2 N–H and O–H groups in total. The van der Waals surface area contributed by atoms with Crippen LogP contribution in [0.5, 0.6) is 0 Å². The molecule has 2 saturated heterocycles. The number of aliphatic imine (C=N–C) groups is 1. The molecule has 0 aliphatic carbocycles. The van der Waals surface area contributed by atoms with E-state index in [1.165, 1.54) is 5.56 Å². The lowest BCUT2D eigenvalue weighted by atomic mass is 10.1. The molecule has 0 bridgehead atoms. The minimum absolute atomic E-state index is 0. The van der Waals surface area contributed by atoms with Gasteiger partial charge < -0.3 is 20.4 Å². The Hall–Kier alpha value is -1.84. The predicted octanol–water partition coefficient (Wildman–Crippen LogP) is 2.35. The van der Waals surface area contributed by atoms with Gasteiger partial charge in [0.05, 0.1) is 0 Å². The van der Waals surface area contributed by atoms with Crippen LogP contribution in [0.4, 0.5) is 0 Å². The molecule has 30 heavy (non-hydrogen) atoms. The highest BCUT2D eigenvalue weighted by atomic mass is 127. The maximum atomic E-state index is 12.2. The number of hydrogen-bond acceptors (Lipinski definition) is 3. The van der Waals surface area contributed by atoms with Crippen LogP contribution in [0.25, 0.3) is 0 Å². The van der Waals surface area contributed by atoms with Crippen molar-refractivity contribution in [3.05, 3.63) is 35.4 Å². The molecule has 1 aromatic carbocycles. The maximum Gasteiger partial charge on any atom is 0.225 e. The van der Waals surface area contributed by atoms with Gasteiger partial charge in [0.25, 0.3) is 0 Å². The van der Waals surface area contributed by atoms with Crippen LogP contribution < -0.4 is 10.6 Å². The third-order valence-electron chi connectivity index (χ3n) is 5.66. The maximum absolute atomic E-state index is 12.2. The first kappa shape index (κ1) is 24.4. The SMILES string of the molecule is CN=C(NCc1ccccc1CN1CCCC1=O)NC1CCN(C(=O)C(C)C)C1.I. The van der Waals surface area contributed by atoms with E-state index in [-0.39, 0.29) is 47.8 Å². The van der Waals surface area contributed by atoms with Crippen molar-refractivity contribution < 1.29 is 9.59 Å². The van der Waals surface area contributed by atoms with E-state index in [1.54, 1.807) is 7.05 Å². The number of carbonyl (C=O) groups is 2. The second-order valence-corrected chi connectivity index (χ2v) is 8.18. The Morgan fingerprint density at radius 2 is 1.97 bits per heavy atom. The van der Waals surface area contributed by atoms with Gasteiger partial charge >= 0.3 is 0 Å². The van der Waals surface area contributed by atoms with Crippen LogP contribution >= 0.6 is 24.0 Å². The minimum Gasteiger partial charge on any atom is -0.352 e. The second-order valence-electron chi connectivity index (χ2n) is 8.18. The Balaban J connectivity index is 0.00000320. The van der Waals surface area contributed by atoms with E-state index in [0.717, 1.165) is 37.5 Å². The third kappa shape index (κ3) is 6.33. The molecule has 7 nitrogen and oxygen atoms in total. The molecule has 0 saturated carbocycles. The number of nitrogens with zero attached hydrogens (tertiary/aromatic N) is 3. The van der Waals surface area contributed by atoms with Crippen molar-refractivity contribution in [1.82, 2.24) is 20.4 Å². The number of amides is 2. The highest BCUT2D eigenvalue weighted by Gasteiger charge is 2.28. The summed E-state index contributed by atoms with van der Waals surface area (Å²) in [6, 6.07) is 8.43. The van der Waals surface area contributed by atoms with Gasteiger partial charge in [-0.15, -0.1) is 24.0 Å². The van der Waals surface area contributed by atoms with Gasteiger partial charge in [-0.05, 0) is 24.0 Å². The van der Waals surface area contributed by atoms with E-state index in [0.29, 0.717) is 26.1 Å². The lowest BCUT2D eigenvalue weighted by Gasteiger charge is -2.21. The quantitative estimate of drug-likeness (QED) is 0.339. The summed E-state index contributed by atoms with van der Waals surface area (Å²) in [6.45, 7) is 7.53. The van der Waals surface area contributed by atoms with Gasteiger partial charge in [-0.1, -0.05) is 38.1 Å². The van der Waals surface area contributed by atoms with Crippen molar-refractivity contribution in [3.8, 4) is 0 Å². The largest absolute Gasteiger partial charge is 0.352 e. The Morgan fingerprint density at radius 1 is 1.23 bits per heavy atom. The lowest BCUT2D eigenvalue weighted by molar-refractivity contribution is -0.133.